The summed E-state index contributed by atoms with van der Waals surface area (Å²) in [6, 6.07) is 0.302. The lowest BCUT2D eigenvalue weighted by Gasteiger charge is -2.15. The SMILES string of the molecule is CC(C)=CC(CC1CCOC1)NN. The zero-order valence-electron chi connectivity index (χ0n) is 8.55. The monoisotopic (exact) mass is 184 g/mol. The number of hydrazine groups is 1. The van der Waals surface area contributed by atoms with Crippen LogP contribution in [-0.4, -0.2) is 19.3 Å². The predicted octanol–water partition coefficient (Wildman–Crippen LogP) is 1.21. The van der Waals surface area contributed by atoms with E-state index in [4.69, 9.17) is 10.6 Å². The Morgan fingerprint density at radius 2 is 2.46 bits per heavy atom. The van der Waals surface area contributed by atoms with Crippen molar-refractivity contribution in [2.45, 2.75) is 32.7 Å². The lowest BCUT2D eigenvalue weighted by molar-refractivity contribution is 0.182. The summed E-state index contributed by atoms with van der Waals surface area (Å²) >= 11 is 0. The van der Waals surface area contributed by atoms with Gasteiger partial charge >= 0.3 is 0 Å². The van der Waals surface area contributed by atoms with Crippen LogP contribution in [0.4, 0.5) is 0 Å². The van der Waals surface area contributed by atoms with E-state index in [2.05, 4.69) is 25.3 Å². The minimum Gasteiger partial charge on any atom is -0.381 e. The molecule has 1 saturated heterocycles. The van der Waals surface area contributed by atoms with E-state index in [1.807, 2.05) is 0 Å². The average molecular weight is 184 g/mol. The molecule has 0 aromatic rings. The number of ether oxygens (including phenoxy) is 1. The third kappa shape index (κ3) is 3.89. The number of rotatable bonds is 4. The van der Waals surface area contributed by atoms with Gasteiger partial charge in [-0.1, -0.05) is 11.6 Å². The fourth-order valence-corrected chi connectivity index (χ4v) is 1.71. The van der Waals surface area contributed by atoms with E-state index in [1.165, 1.54) is 12.0 Å². The first-order chi connectivity index (χ1) is 6.22. The van der Waals surface area contributed by atoms with Gasteiger partial charge in [0.2, 0.25) is 0 Å². The fraction of sp³-hybridized carbons (Fsp3) is 0.800. The normalized spacial score (nSPS) is 24.4. The molecular formula is C10H20N2O. The van der Waals surface area contributed by atoms with Crippen LogP contribution >= 0.6 is 0 Å². The molecule has 0 aromatic carbocycles. The average Bonchev–Trinajstić information content (AvgIpc) is 2.55. The largest absolute Gasteiger partial charge is 0.381 e. The van der Waals surface area contributed by atoms with E-state index < -0.39 is 0 Å². The van der Waals surface area contributed by atoms with Crippen molar-refractivity contribution in [3.63, 3.8) is 0 Å². The molecule has 1 rings (SSSR count). The van der Waals surface area contributed by atoms with Crippen LogP contribution < -0.4 is 11.3 Å². The van der Waals surface area contributed by atoms with Gasteiger partial charge in [-0.15, -0.1) is 0 Å². The lowest BCUT2D eigenvalue weighted by Crippen LogP contribution is -2.35. The van der Waals surface area contributed by atoms with Crippen molar-refractivity contribution < 1.29 is 4.74 Å². The molecule has 2 atom stereocenters. The lowest BCUT2D eigenvalue weighted by atomic mass is 9.98. The smallest absolute Gasteiger partial charge is 0.0495 e. The second kappa shape index (κ2) is 5.37. The first kappa shape index (κ1) is 10.7. The molecule has 76 valence electrons. The maximum atomic E-state index is 5.46. The van der Waals surface area contributed by atoms with Gasteiger partial charge in [-0.2, -0.15) is 0 Å². The summed E-state index contributed by atoms with van der Waals surface area (Å²) in [6.45, 7) is 6.00. The molecule has 3 nitrogen and oxygen atoms in total. The Bertz CT molecular complexity index is 170. The molecule has 0 bridgehead atoms. The Balaban J connectivity index is 2.34. The van der Waals surface area contributed by atoms with Crippen molar-refractivity contribution in [3.05, 3.63) is 11.6 Å². The Hall–Kier alpha value is -0.380. The predicted molar refractivity (Wildman–Crippen MR) is 54.1 cm³/mol. The second-order valence-corrected chi connectivity index (χ2v) is 3.98. The van der Waals surface area contributed by atoms with Crippen LogP contribution in [0.15, 0.2) is 11.6 Å². The Morgan fingerprint density at radius 1 is 1.69 bits per heavy atom. The first-order valence-corrected chi connectivity index (χ1v) is 4.91. The summed E-state index contributed by atoms with van der Waals surface area (Å²) in [5, 5.41) is 0. The third-order valence-electron chi connectivity index (χ3n) is 2.36. The van der Waals surface area contributed by atoms with E-state index in [0.717, 1.165) is 19.6 Å². The Kier molecular flexibility index (Phi) is 4.42. The van der Waals surface area contributed by atoms with Gasteiger partial charge in [0.25, 0.3) is 0 Å². The van der Waals surface area contributed by atoms with E-state index in [9.17, 15) is 0 Å². The number of nitrogens with one attached hydrogen (secondary N) is 1. The molecule has 0 radical (unpaired) electrons. The van der Waals surface area contributed by atoms with Crippen LogP contribution in [0.1, 0.15) is 26.7 Å². The van der Waals surface area contributed by atoms with E-state index >= 15 is 0 Å². The number of nitrogens with two attached hydrogens (primary N) is 1. The number of hydrogen-bond acceptors (Lipinski definition) is 3. The summed E-state index contributed by atoms with van der Waals surface area (Å²) in [6.07, 6.45) is 4.44. The van der Waals surface area contributed by atoms with Crippen LogP contribution in [-0.2, 0) is 4.74 Å². The summed E-state index contributed by atoms with van der Waals surface area (Å²) in [5.41, 5.74) is 4.14. The molecule has 1 aliphatic heterocycles. The first-order valence-electron chi connectivity index (χ1n) is 4.91. The van der Waals surface area contributed by atoms with Crippen LogP contribution in [0, 0.1) is 5.92 Å². The zero-order chi connectivity index (χ0) is 9.68. The van der Waals surface area contributed by atoms with Crippen LogP contribution in [0.3, 0.4) is 0 Å². The van der Waals surface area contributed by atoms with Crippen LogP contribution in [0.2, 0.25) is 0 Å². The maximum Gasteiger partial charge on any atom is 0.0495 e. The number of allylic oxidation sites excluding steroid dienone is 1. The van der Waals surface area contributed by atoms with Crippen molar-refractivity contribution in [2.75, 3.05) is 13.2 Å². The van der Waals surface area contributed by atoms with Crippen molar-refractivity contribution in [3.8, 4) is 0 Å². The van der Waals surface area contributed by atoms with E-state index in [1.54, 1.807) is 0 Å². The minimum atomic E-state index is 0.302. The topological polar surface area (TPSA) is 47.3 Å². The van der Waals surface area contributed by atoms with Crippen LogP contribution in [0.5, 0.6) is 0 Å². The van der Waals surface area contributed by atoms with Gasteiger partial charge in [-0.05, 0) is 32.6 Å². The van der Waals surface area contributed by atoms with E-state index in [-0.39, 0.29) is 0 Å². The molecule has 1 heterocycles. The molecule has 0 spiro atoms. The highest BCUT2D eigenvalue weighted by molar-refractivity contribution is 5.01. The standard InChI is InChI=1S/C10H20N2O/c1-8(2)5-10(12-11)6-9-3-4-13-7-9/h5,9-10,12H,3-4,6-7,11H2,1-2H3. The third-order valence-corrected chi connectivity index (χ3v) is 2.36. The maximum absolute atomic E-state index is 5.46. The molecule has 13 heavy (non-hydrogen) atoms. The highest BCUT2D eigenvalue weighted by atomic mass is 16.5. The minimum absolute atomic E-state index is 0.302. The molecule has 0 saturated carbocycles. The quantitative estimate of drug-likeness (QED) is 0.392. The number of hydrogen-bond donors (Lipinski definition) is 2. The highest BCUT2D eigenvalue weighted by Gasteiger charge is 2.18. The molecule has 2 unspecified atom stereocenters. The zero-order valence-corrected chi connectivity index (χ0v) is 8.55. The molecule has 1 fully saturated rings. The summed E-state index contributed by atoms with van der Waals surface area (Å²) in [7, 11) is 0. The molecule has 3 heteroatoms. The van der Waals surface area contributed by atoms with Gasteiger partial charge in [0.1, 0.15) is 0 Å². The van der Waals surface area contributed by atoms with Crippen LogP contribution in [0.25, 0.3) is 0 Å². The molecular weight excluding hydrogens is 164 g/mol. The van der Waals surface area contributed by atoms with Crippen molar-refractivity contribution in [1.29, 1.82) is 0 Å². The van der Waals surface area contributed by atoms with E-state index in [0.29, 0.717) is 12.0 Å². The summed E-state index contributed by atoms with van der Waals surface area (Å²) in [5.74, 6) is 6.14. The Morgan fingerprint density at radius 3 is 2.92 bits per heavy atom. The van der Waals surface area contributed by atoms with Gasteiger partial charge in [0.15, 0.2) is 0 Å². The van der Waals surface area contributed by atoms with Crippen molar-refractivity contribution >= 4 is 0 Å². The van der Waals surface area contributed by atoms with Gasteiger partial charge in [-0.3, -0.25) is 11.3 Å². The molecule has 0 aromatic heterocycles. The molecule has 3 N–H and O–H groups in total. The Labute approximate surface area is 80.3 Å². The second-order valence-electron chi connectivity index (χ2n) is 3.98. The van der Waals surface area contributed by atoms with Gasteiger partial charge < -0.3 is 4.74 Å². The summed E-state index contributed by atoms with van der Waals surface area (Å²) < 4.78 is 5.32. The van der Waals surface area contributed by atoms with Gasteiger partial charge in [-0.25, -0.2) is 0 Å². The molecule has 0 amide bonds. The molecule has 0 aliphatic carbocycles. The van der Waals surface area contributed by atoms with Crippen molar-refractivity contribution in [1.82, 2.24) is 5.43 Å². The fourth-order valence-electron chi connectivity index (χ4n) is 1.71. The van der Waals surface area contributed by atoms with Gasteiger partial charge in [0, 0.05) is 19.3 Å². The summed E-state index contributed by atoms with van der Waals surface area (Å²) in [4.78, 5) is 0. The molecule has 1 aliphatic rings. The highest BCUT2D eigenvalue weighted by Crippen LogP contribution is 2.18. The van der Waals surface area contributed by atoms with Crippen molar-refractivity contribution in [2.24, 2.45) is 11.8 Å². The van der Waals surface area contributed by atoms with Gasteiger partial charge in [0.05, 0.1) is 0 Å².